The van der Waals surface area contributed by atoms with Gasteiger partial charge in [-0.1, -0.05) is 0 Å². The largest absolute Gasteiger partial charge is 0.333 e. The van der Waals surface area contributed by atoms with Gasteiger partial charge in [-0.3, -0.25) is 0 Å². The minimum absolute atomic E-state index is 0.402. The van der Waals surface area contributed by atoms with Gasteiger partial charge in [0.2, 0.25) is 7.57 Å². The quantitative estimate of drug-likeness (QED) is 0.633. The normalized spacial score (nSPS) is 18.5. The first-order valence-corrected chi connectivity index (χ1v) is 4.76. The average Bonchev–Trinajstić information content (AvgIpc) is 1.60. The second-order valence-electron chi connectivity index (χ2n) is 3.02. The van der Waals surface area contributed by atoms with Gasteiger partial charge >= 0.3 is 0 Å². The summed E-state index contributed by atoms with van der Waals surface area (Å²) in [4.78, 5) is 9.21. The smallest absolute Gasteiger partial charge is 0.248 e. The zero-order valence-electron chi connectivity index (χ0n) is 6.92. The van der Waals surface area contributed by atoms with E-state index in [-0.39, 0.29) is 0 Å². The summed E-state index contributed by atoms with van der Waals surface area (Å²) in [6.07, 6.45) is 3.40. The van der Waals surface area contributed by atoms with Crippen molar-refractivity contribution in [2.75, 3.05) is 7.11 Å². The van der Waals surface area contributed by atoms with E-state index >= 15 is 0 Å². The van der Waals surface area contributed by atoms with Gasteiger partial charge < -0.3 is 13.9 Å². The van der Waals surface area contributed by atoms with Gasteiger partial charge in [-0.15, -0.1) is 0 Å². The van der Waals surface area contributed by atoms with E-state index in [4.69, 9.17) is 4.52 Å². The summed E-state index contributed by atoms with van der Waals surface area (Å²) in [5.41, 5.74) is -0.402. The van der Waals surface area contributed by atoms with Crippen LogP contribution in [0.5, 0.6) is 0 Å². The van der Waals surface area contributed by atoms with Crippen molar-refractivity contribution in [2.24, 2.45) is 0 Å². The Morgan fingerprint density at radius 1 is 1.40 bits per heavy atom. The Morgan fingerprint density at radius 2 is 1.80 bits per heavy atom. The standard InChI is InChI=1S/C6H15O3P/c1-6(2,3)9-10(5,7)8-4/h7H,5H2,1-4H3. The van der Waals surface area contributed by atoms with E-state index in [1.165, 1.54) is 7.11 Å². The summed E-state index contributed by atoms with van der Waals surface area (Å²) in [7, 11) is -1.41. The Hall–Kier alpha value is 0.180. The molecule has 1 atom stereocenters. The molecule has 0 saturated heterocycles. The van der Waals surface area contributed by atoms with Crippen LogP contribution in [0.3, 0.4) is 0 Å². The molecule has 0 radical (unpaired) electrons. The molecule has 62 valence electrons. The molecule has 0 heterocycles. The summed E-state index contributed by atoms with van der Waals surface area (Å²) in [5.74, 6) is 0. The van der Waals surface area contributed by atoms with Crippen LogP contribution in [-0.2, 0) is 9.05 Å². The molecule has 4 heteroatoms. The molecule has 0 aliphatic rings. The van der Waals surface area contributed by atoms with Crippen molar-refractivity contribution < 1.29 is 13.9 Å². The fourth-order valence-electron chi connectivity index (χ4n) is 0.465. The van der Waals surface area contributed by atoms with Crippen molar-refractivity contribution in [3.8, 4) is 0 Å². The lowest BCUT2D eigenvalue weighted by Crippen LogP contribution is -2.17. The van der Waals surface area contributed by atoms with Gasteiger partial charge in [0.15, 0.2) is 0 Å². The molecular weight excluding hydrogens is 151 g/mol. The molecule has 1 N–H and O–H groups in total. The highest BCUT2D eigenvalue weighted by Crippen LogP contribution is 2.45. The fourth-order valence-corrected chi connectivity index (χ4v) is 1.40. The van der Waals surface area contributed by atoms with Crippen LogP contribution in [0.2, 0.25) is 0 Å². The molecular formula is C6H15O3P. The van der Waals surface area contributed by atoms with Gasteiger partial charge in [-0.25, -0.2) is 0 Å². The number of hydrogen-bond acceptors (Lipinski definition) is 3. The molecule has 0 bridgehead atoms. The highest BCUT2D eigenvalue weighted by atomic mass is 31.2. The van der Waals surface area contributed by atoms with E-state index in [2.05, 4.69) is 10.8 Å². The van der Waals surface area contributed by atoms with Crippen LogP contribution >= 0.6 is 7.57 Å². The Bertz CT molecular complexity index is 148. The Kier molecular flexibility index (Phi) is 3.11. The van der Waals surface area contributed by atoms with Gasteiger partial charge in [0.1, 0.15) is 0 Å². The Labute approximate surface area is 62.2 Å². The summed E-state index contributed by atoms with van der Waals surface area (Å²) in [6, 6.07) is 0. The maximum absolute atomic E-state index is 9.21. The lowest BCUT2D eigenvalue weighted by Gasteiger charge is -2.25. The van der Waals surface area contributed by atoms with Crippen molar-refractivity contribution in [2.45, 2.75) is 26.4 Å². The zero-order chi connectivity index (χ0) is 8.41. The van der Waals surface area contributed by atoms with E-state index in [1.807, 2.05) is 20.8 Å². The van der Waals surface area contributed by atoms with E-state index in [0.717, 1.165) is 0 Å². The molecule has 0 saturated carbocycles. The highest BCUT2D eigenvalue weighted by Gasteiger charge is 2.19. The monoisotopic (exact) mass is 166 g/mol. The van der Waals surface area contributed by atoms with Crippen LogP contribution in [0, 0.1) is 0 Å². The van der Waals surface area contributed by atoms with Crippen molar-refractivity contribution in [1.82, 2.24) is 0 Å². The lowest BCUT2D eigenvalue weighted by molar-refractivity contribution is 0.0978. The predicted molar refractivity (Wildman–Crippen MR) is 44.1 cm³/mol. The van der Waals surface area contributed by atoms with Crippen molar-refractivity contribution in [3.63, 3.8) is 0 Å². The van der Waals surface area contributed by atoms with Crippen LogP contribution < -0.4 is 0 Å². The maximum atomic E-state index is 9.21. The summed E-state index contributed by atoms with van der Waals surface area (Å²) < 4.78 is 9.75. The molecule has 0 aromatic rings. The summed E-state index contributed by atoms with van der Waals surface area (Å²) in [5, 5.41) is 0. The van der Waals surface area contributed by atoms with Gasteiger partial charge in [0.25, 0.3) is 0 Å². The highest BCUT2D eigenvalue weighted by molar-refractivity contribution is 7.58. The van der Waals surface area contributed by atoms with Crippen LogP contribution in [0.25, 0.3) is 0 Å². The molecule has 0 aromatic carbocycles. The molecule has 0 aliphatic carbocycles. The van der Waals surface area contributed by atoms with Crippen LogP contribution in [-0.4, -0.2) is 23.9 Å². The molecule has 0 amide bonds. The molecule has 0 spiro atoms. The van der Waals surface area contributed by atoms with Crippen molar-refractivity contribution in [1.29, 1.82) is 0 Å². The van der Waals surface area contributed by atoms with E-state index in [1.54, 1.807) is 0 Å². The third-order valence-corrected chi connectivity index (χ3v) is 2.11. The molecule has 1 unspecified atom stereocenters. The summed E-state index contributed by atoms with van der Waals surface area (Å²) in [6.45, 7) is 5.51. The van der Waals surface area contributed by atoms with Gasteiger partial charge in [-0.05, 0) is 27.1 Å². The van der Waals surface area contributed by atoms with Crippen LogP contribution in [0.4, 0.5) is 0 Å². The number of rotatable bonds is 2. The van der Waals surface area contributed by atoms with Crippen molar-refractivity contribution in [3.05, 3.63) is 0 Å². The van der Waals surface area contributed by atoms with Crippen LogP contribution in [0.1, 0.15) is 20.8 Å². The molecule has 0 fully saturated rings. The topological polar surface area (TPSA) is 38.7 Å². The average molecular weight is 166 g/mol. The van der Waals surface area contributed by atoms with Gasteiger partial charge in [0, 0.05) is 7.11 Å². The molecule has 0 aromatic heterocycles. The van der Waals surface area contributed by atoms with E-state index < -0.39 is 13.2 Å². The zero-order valence-corrected chi connectivity index (χ0v) is 7.81. The first kappa shape index (κ1) is 10.2. The molecule has 3 nitrogen and oxygen atoms in total. The Balaban J connectivity index is 4.03. The third kappa shape index (κ3) is 5.00. The molecule has 0 rings (SSSR count). The third-order valence-electron chi connectivity index (χ3n) is 0.702. The van der Waals surface area contributed by atoms with E-state index in [0.29, 0.717) is 0 Å². The summed E-state index contributed by atoms with van der Waals surface area (Å²) >= 11 is 0. The maximum Gasteiger partial charge on any atom is 0.248 e. The minimum atomic E-state index is -2.79. The predicted octanol–water partition coefficient (Wildman–Crippen LogP) is 1.63. The molecule has 0 aliphatic heterocycles. The first-order chi connectivity index (χ1) is 4.27. The Morgan fingerprint density at radius 3 is 1.90 bits per heavy atom. The second-order valence-corrected chi connectivity index (χ2v) is 4.85. The van der Waals surface area contributed by atoms with Gasteiger partial charge in [-0.2, -0.15) is 0 Å². The van der Waals surface area contributed by atoms with Crippen molar-refractivity contribution >= 4 is 13.9 Å². The lowest BCUT2D eigenvalue weighted by atomic mass is 10.2. The molecule has 10 heavy (non-hydrogen) atoms. The second kappa shape index (κ2) is 3.05. The minimum Gasteiger partial charge on any atom is -0.333 e. The SMILES string of the molecule is C=P(O)(OC)OC(C)(C)C. The first-order valence-electron chi connectivity index (χ1n) is 2.99. The van der Waals surface area contributed by atoms with Gasteiger partial charge in [0.05, 0.1) is 5.60 Å². The van der Waals surface area contributed by atoms with Crippen LogP contribution in [0.15, 0.2) is 0 Å². The fraction of sp³-hybridized carbons (Fsp3) is 0.833. The van der Waals surface area contributed by atoms with E-state index in [9.17, 15) is 4.89 Å². The number of hydrogen-bond donors (Lipinski definition) is 1.